The van der Waals surface area contributed by atoms with Crippen LogP contribution >= 0.6 is 12.4 Å². The molecule has 0 aromatic rings. The van der Waals surface area contributed by atoms with Crippen LogP contribution in [0.4, 0.5) is 13.2 Å². The van der Waals surface area contributed by atoms with Gasteiger partial charge in [0.05, 0.1) is 0 Å². The molecule has 2 nitrogen and oxygen atoms in total. The van der Waals surface area contributed by atoms with Crippen molar-refractivity contribution in [2.75, 3.05) is 19.6 Å². The van der Waals surface area contributed by atoms with Gasteiger partial charge in [-0.1, -0.05) is 0 Å². The van der Waals surface area contributed by atoms with E-state index >= 15 is 0 Å². The summed E-state index contributed by atoms with van der Waals surface area (Å²) in [6.45, 7) is 1.00. The minimum absolute atomic E-state index is 0. The van der Waals surface area contributed by atoms with Gasteiger partial charge in [-0.05, 0) is 0 Å². The molecule has 0 saturated carbocycles. The van der Waals surface area contributed by atoms with Gasteiger partial charge in [0.25, 0.3) is 0 Å². The molecular weight excluding hydrogens is 181 g/mol. The third-order valence-corrected chi connectivity index (χ3v) is 1.44. The summed E-state index contributed by atoms with van der Waals surface area (Å²) in [6, 6.07) is -1.36. The van der Waals surface area contributed by atoms with E-state index in [9.17, 15) is 13.2 Å². The predicted molar refractivity (Wildman–Crippen MR) is 38.0 cm³/mol. The summed E-state index contributed by atoms with van der Waals surface area (Å²) in [5.74, 6) is 0. The molecule has 1 saturated heterocycles. The second-order valence-corrected chi connectivity index (χ2v) is 2.25. The first-order valence-corrected chi connectivity index (χ1v) is 3.11. The van der Waals surface area contributed by atoms with Crippen LogP contribution in [-0.4, -0.2) is 31.9 Å². The van der Waals surface area contributed by atoms with Gasteiger partial charge < -0.3 is 10.6 Å². The topological polar surface area (TPSA) is 24.1 Å². The van der Waals surface area contributed by atoms with Gasteiger partial charge in [0, 0.05) is 19.6 Å². The molecule has 2 N–H and O–H groups in total. The molecular formula is C5H10ClF3N2. The van der Waals surface area contributed by atoms with Gasteiger partial charge in [-0.25, -0.2) is 0 Å². The van der Waals surface area contributed by atoms with Crippen LogP contribution in [0.2, 0.25) is 0 Å². The van der Waals surface area contributed by atoms with Gasteiger partial charge in [-0.2, -0.15) is 13.2 Å². The highest BCUT2D eigenvalue weighted by Crippen LogP contribution is 2.19. The van der Waals surface area contributed by atoms with Crippen molar-refractivity contribution in [1.29, 1.82) is 0 Å². The summed E-state index contributed by atoms with van der Waals surface area (Å²) in [5, 5.41) is 5.03. The number of rotatable bonds is 0. The van der Waals surface area contributed by atoms with Crippen molar-refractivity contribution in [2.24, 2.45) is 0 Å². The molecule has 0 amide bonds. The number of piperazine rings is 1. The molecule has 0 unspecified atom stereocenters. The Hall–Kier alpha value is -0.0000000000000000416. The number of hydrogen-bond acceptors (Lipinski definition) is 2. The van der Waals surface area contributed by atoms with E-state index in [0.717, 1.165) is 0 Å². The third-order valence-electron chi connectivity index (χ3n) is 1.44. The maximum atomic E-state index is 11.8. The standard InChI is InChI=1S/C5H9F3N2.ClH/c6-5(7,8)4-3-9-1-2-10-4;/h4,9-10H,1-3H2;1H/t4-;/m0./s1. The fraction of sp³-hybridized carbons (Fsp3) is 1.00. The average molecular weight is 191 g/mol. The zero-order valence-corrected chi connectivity index (χ0v) is 6.56. The molecule has 0 radical (unpaired) electrons. The van der Waals surface area contributed by atoms with Crippen molar-refractivity contribution in [3.63, 3.8) is 0 Å². The van der Waals surface area contributed by atoms with Crippen LogP contribution < -0.4 is 10.6 Å². The predicted octanol–water partition coefficient (Wildman–Crippen LogP) is 0.532. The van der Waals surface area contributed by atoms with Crippen molar-refractivity contribution in [2.45, 2.75) is 12.2 Å². The van der Waals surface area contributed by atoms with E-state index in [1.54, 1.807) is 0 Å². The van der Waals surface area contributed by atoms with Crippen LogP contribution in [0.25, 0.3) is 0 Å². The Balaban J connectivity index is 0.000001000. The van der Waals surface area contributed by atoms with E-state index < -0.39 is 12.2 Å². The lowest BCUT2D eigenvalue weighted by Crippen LogP contribution is -2.55. The first-order chi connectivity index (χ1) is 4.61. The Kier molecular flexibility index (Phi) is 4.13. The van der Waals surface area contributed by atoms with Crippen LogP contribution in [0.1, 0.15) is 0 Å². The lowest BCUT2D eigenvalue weighted by molar-refractivity contribution is -0.156. The van der Waals surface area contributed by atoms with Gasteiger partial charge in [0.15, 0.2) is 0 Å². The van der Waals surface area contributed by atoms with Gasteiger partial charge in [-0.15, -0.1) is 12.4 Å². The van der Waals surface area contributed by atoms with Crippen molar-refractivity contribution >= 4 is 12.4 Å². The van der Waals surface area contributed by atoms with Crippen molar-refractivity contribution in [3.8, 4) is 0 Å². The highest BCUT2D eigenvalue weighted by Gasteiger charge is 2.39. The fourth-order valence-electron chi connectivity index (χ4n) is 0.885. The Labute approximate surface area is 68.9 Å². The summed E-state index contributed by atoms with van der Waals surface area (Å²) in [4.78, 5) is 0. The summed E-state index contributed by atoms with van der Waals surface area (Å²) in [6.07, 6.45) is -4.10. The van der Waals surface area contributed by atoms with Gasteiger partial charge in [-0.3, -0.25) is 0 Å². The Bertz CT molecular complexity index is 111. The first-order valence-electron chi connectivity index (χ1n) is 3.11. The smallest absolute Gasteiger partial charge is 0.314 e. The summed E-state index contributed by atoms with van der Waals surface area (Å²) in [5.41, 5.74) is 0. The third kappa shape index (κ3) is 3.27. The summed E-state index contributed by atoms with van der Waals surface area (Å²) < 4.78 is 35.5. The Morgan fingerprint density at radius 2 is 1.82 bits per heavy atom. The molecule has 0 bridgehead atoms. The number of hydrogen-bond donors (Lipinski definition) is 2. The normalized spacial score (nSPS) is 25.9. The zero-order chi connectivity index (χ0) is 7.61. The molecule has 11 heavy (non-hydrogen) atoms. The molecule has 6 heteroatoms. The number of nitrogens with one attached hydrogen (secondary N) is 2. The van der Waals surface area contributed by atoms with Gasteiger partial charge in [0.1, 0.15) is 6.04 Å². The van der Waals surface area contributed by atoms with E-state index in [4.69, 9.17) is 0 Å². The lowest BCUT2D eigenvalue weighted by atomic mass is 10.2. The molecule has 68 valence electrons. The van der Waals surface area contributed by atoms with Crippen LogP contribution in [0.3, 0.4) is 0 Å². The molecule has 1 aliphatic heterocycles. The summed E-state index contributed by atoms with van der Waals surface area (Å²) >= 11 is 0. The molecule has 1 aliphatic rings. The van der Waals surface area contributed by atoms with E-state index in [2.05, 4.69) is 10.6 Å². The van der Waals surface area contributed by atoms with E-state index in [1.165, 1.54) is 0 Å². The van der Waals surface area contributed by atoms with Crippen molar-refractivity contribution in [3.05, 3.63) is 0 Å². The molecule has 0 aromatic heterocycles. The van der Waals surface area contributed by atoms with Crippen LogP contribution in [0.5, 0.6) is 0 Å². The lowest BCUT2D eigenvalue weighted by Gasteiger charge is -2.26. The van der Waals surface area contributed by atoms with Gasteiger partial charge >= 0.3 is 6.18 Å². The molecule has 0 aliphatic carbocycles. The number of halogens is 4. The highest BCUT2D eigenvalue weighted by molar-refractivity contribution is 5.85. The fourth-order valence-corrected chi connectivity index (χ4v) is 0.885. The van der Waals surface area contributed by atoms with Crippen molar-refractivity contribution < 1.29 is 13.2 Å². The largest absolute Gasteiger partial charge is 0.405 e. The molecule has 0 spiro atoms. The zero-order valence-electron chi connectivity index (χ0n) is 5.74. The van der Waals surface area contributed by atoms with Crippen molar-refractivity contribution in [1.82, 2.24) is 10.6 Å². The number of alkyl halides is 3. The minimum Gasteiger partial charge on any atom is -0.314 e. The van der Waals surface area contributed by atoms with Gasteiger partial charge in [0.2, 0.25) is 0 Å². The Morgan fingerprint density at radius 1 is 1.18 bits per heavy atom. The first kappa shape index (κ1) is 11.0. The quantitative estimate of drug-likeness (QED) is 0.583. The maximum Gasteiger partial charge on any atom is 0.405 e. The molecule has 1 rings (SSSR count). The summed E-state index contributed by atoms with van der Waals surface area (Å²) in [7, 11) is 0. The average Bonchev–Trinajstić information content (AvgIpc) is 1.88. The Morgan fingerprint density at radius 3 is 2.09 bits per heavy atom. The monoisotopic (exact) mass is 190 g/mol. The SMILES string of the molecule is Cl.FC(F)(F)[C@@H]1CNCCN1. The van der Waals surface area contributed by atoms with Crippen LogP contribution in [0.15, 0.2) is 0 Å². The van der Waals surface area contributed by atoms with Crippen LogP contribution in [-0.2, 0) is 0 Å². The minimum atomic E-state index is -4.10. The molecule has 0 aromatic carbocycles. The van der Waals surface area contributed by atoms with E-state index in [-0.39, 0.29) is 19.0 Å². The van der Waals surface area contributed by atoms with E-state index in [1.807, 2.05) is 0 Å². The maximum absolute atomic E-state index is 11.8. The van der Waals surface area contributed by atoms with Crippen LogP contribution in [0, 0.1) is 0 Å². The molecule has 1 fully saturated rings. The van der Waals surface area contributed by atoms with E-state index in [0.29, 0.717) is 13.1 Å². The molecule has 1 heterocycles. The second kappa shape index (κ2) is 4.13. The molecule has 1 atom stereocenters. The second-order valence-electron chi connectivity index (χ2n) is 2.25. The highest BCUT2D eigenvalue weighted by atomic mass is 35.5.